The number of esters is 1. The summed E-state index contributed by atoms with van der Waals surface area (Å²) < 4.78 is 35.2. The fourth-order valence-electron chi connectivity index (χ4n) is 3.02. The van der Waals surface area contributed by atoms with Crippen LogP contribution in [0.15, 0.2) is 24.3 Å². The van der Waals surface area contributed by atoms with E-state index in [-0.39, 0.29) is 11.7 Å². The molecule has 0 unspecified atom stereocenters. The van der Waals surface area contributed by atoms with Gasteiger partial charge in [0.05, 0.1) is 17.9 Å². The molecule has 1 saturated heterocycles. The molecule has 26 heavy (non-hydrogen) atoms. The topological polar surface area (TPSA) is 87.2 Å². The number of piperazine rings is 1. The quantitative estimate of drug-likeness (QED) is 0.507. The Kier molecular flexibility index (Phi) is 8.02. The smallest absolute Gasteiger partial charge is 0.338 e. The average molecular weight is 384 g/mol. The van der Waals surface area contributed by atoms with Crippen LogP contribution < -0.4 is 0 Å². The third kappa shape index (κ3) is 7.41. The molecular formula is C18H28N2O5S. The van der Waals surface area contributed by atoms with E-state index >= 15 is 0 Å². The number of carbonyl (C=O) groups excluding carboxylic acids is 1. The van der Waals surface area contributed by atoms with Gasteiger partial charge in [0.1, 0.15) is 0 Å². The van der Waals surface area contributed by atoms with Crippen LogP contribution in [0.4, 0.5) is 0 Å². The zero-order chi connectivity index (χ0) is 19.0. The van der Waals surface area contributed by atoms with Gasteiger partial charge in [-0.1, -0.05) is 12.1 Å². The van der Waals surface area contributed by atoms with Gasteiger partial charge >= 0.3 is 5.97 Å². The molecule has 0 spiro atoms. The predicted molar refractivity (Wildman–Crippen MR) is 100 cm³/mol. The van der Waals surface area contributed by atoms with E-state index in [1.54, 1.807) is 19.1 Å². The van der Waals surface area contributed by atoms with Crippen molar-refractivity contribution in [1.82, 2.24) is 9.80 Å². The maximum Gasteiger partial charge on any atom is 0.338 e. The van der Waals surface area contributed by atoms with Gasteiger partial charge in [-0.3, -0.25) is 4.55 Å². The van der Waals surface area contributed by atoms with Crippen LogP contribution in [-0.4, -0.2) is 80.4 Å². The summed E-state index contributed by atoms with van der Waals surface area (Å²) >= 11 is 0. The fourth-order valence-corrected chi connectivity index (χ4v) is 3.51. The predicted octanol–water partition coefficient (Wildman–Crippen LogP) is 1.30. The molecular weight excluding hydrogens is 356 g/mol. The summed E-state index contributed by atoms with van der Waals surface area (Å²) in [5.74, 6) is -0.459. The third-order valence-electron chi connectivity index (χ3n) is 4.52. The van der Waals surface area contributed by atoms with Gasteiger partial charge in [0.25, 0.3) is 10.1 Å². The van der Waals surface area contributed by atoms with Crippen LogP contribution in [0.1, 0.15) is 29.3 Å². The summed E-state index contributed by atoms with van der Waals surface area (Å²) in [4.78, 5) is 16.3. The van der Waals surface area contributed by atoms with E-state index in [4.69, 9.17) is 9.29 Å². The molecule has 0 radical (unpaired) electrons. The van der Waals surface area contributed by atoms with E-state index in [1.165, 1.54) is 5.56 Å². The van der Waals surface area contributed by atoms with Gasteiger partial charge in [-0.05, 0) is 44.0 Å². The van der Waals surface area contributed by atoms with Crippen molar-refractivity contribution in [3.63, 3.8) is 0 Å². The van der Waals surface area contributed by atoms with Crippen LogP contribution in [0, 0.1) is 0 Å². The van der Waals surface area contributed by atoms with Gasteiger partial charge in [-0.15, -0.1) is 0 Å². The minimum atomic E-state index is -3.85. The van der Waals surface area contributed by atoms with E-state index in [9.17, 15) is 13.2 Å². The van der Waals surface area contributed by atoms with Crippen LogP contribution in [0.5, 0.6) is 0 Å². The normalized spacial score (nSPS) is 16.5. The second-order valence-corrected chi connectivity index (χ2v) is 8.06. The Morgan fingerprint density at radius 1 is 1.08 bits per heavy atom. The Bertz CT molecular complexity index is 667. The lowest BCUT2D eigenvalue weighted by atomic mass is 10.1. The van der Waals surface area contributed by atoms with E-state index < -0.39 is 10.1 Å². The Morgan fingerprint density at radius 3 is 2.19 bits per heavy atom. The standard InChI is InChI=1S/C18H28N2O5S/c1-2-25-18(21)17-6-4-16(5-7-17)8-10-20-13-11-19(12-14-20)9-3-15-26(22,23)24/h4-7H,2-3,8-15H2,1H3,(H,22,23,24). The van der Waals surface area contributed by atoms with Crippen molar-refractivity contribution in [3.8, 4) is 0 Å². The zero-order valence-electron chi connectivity index (χ0n) is 15.3. The Hall–Kier alpha value is -1.48. The number of nitrogens with zero attached hydrogens (tertiary/aromatic N) is 2. The summed E-state index contributed by atoms with van der Waals surface area (Å²) in [6.45, 7) is 7.55. The number of hydrogen-bond acceptors (Lipinski definition) is 6. The second kappa shape index (κ2) is 10.0. The minimum Gasteiger partial charge on any atom is -0.462 e. The lowest BCUT2D eigenvalue weighted by molar-refractivity contribution is 0.0526. The molecule has 8 heteroatoms. The second-order valence-electron chi connectivity index (χ2n) is 6.49. The Labute approximate surface area is 155 Å². The molecule has 2 rings (SSSR count). The molecule has 0 aliphatic carbocycles. The van der Waals surface area contributed by atoms with Gasteiger partial charge in [-0.25, -0.2) is 4.79 Å². The molecule has 0 aromatic heterocycles. The molecule has 1 N–H and O–H groups in total. The highest BCUT2D eigenvalue weighted by molar-refractivity contribution is 7.85. The molecule has 0 atom stereocenters. The van der Waals surface area contributed by atoms with Gasteiger partial charge in [0.15, 0.2) is 0 Å². The van der Waals surface area contributed by atoms with E-state index in [1.807, 2.05) is 12.1 Å². The van der Waals surface area contributed by atoms with Crippen molar-refractivity contribution in [2.45, 2.75) is 19.8 Å². The zero-order valence-corrected chi connectivity index (χ0v) is 16.1. The molecule has 1 heterocycles. The third-order valence-corrected chi connectivity index (χ3v) is 5.33. The van der Waals surface area contributed by atoms with Crippen LogP contribution in [0.3, 0.4) is 0 Å². The highest BCUT2D eigenvalue weighted by atomic mass is 32.2. The minimum absolute atomic E-state index is 0.172. The van der Waals surface area contributed by atoms with E-state index in [0.717, 1.165) is 39.1 Å². The highest BCUT2D eigenvalue weighted by Gasteiger charge is 2.17. The maximum absolute atomic E-state index is 11.6. The summed E-state index contributed by atoms with van der Waals surface area (Å²) in [7, 11) is -3.85. The Morgan fingerprint density at radius 2 is 1.65 bits per heavy atom. The number of ether oxygens (including phenoxy) is 1. The highest BCUT2D eigenvalue weighted by Crippen LogP contribution is 2.09. The number of benzene rings is 1. The van der Waals surface area contributed by atoms with Crippen LogP contribution in [0.2, 0.25) is 0 Å². The monoisotopic (exact) mass is 384 g/mol. The van der Waals surface area contributed by atoms with Crippen molar-refractivity contribution >= 4 is 16.1 Å². The first-order valence-corrected chi connectivity index (χ1v) is 10.6. The van der Waals surface area contributed by atoms with Crippen LogP contribution in [0.25, 0.3) is 0 Å². The molecule has 1 fully saturated rings. The molecule has 7 nitrogen and oxygen atoms in total. The van der Waals surface area contributed by atoms with Crippen molar-refractivity contribution in [1.29, 1.82) is 0 Å². The maximum atomic E-state index is 11.6. The number of rotatable bonds is 9. The number of carbonyl (C=O) groups is 1. The van der Waals surface area contributed by atoms with Gasteiger partial charge in [0.2, 0.25) is 0 Å². The van der Waals surface area contributed by atoms with Crippen LogP contribution in [-0.2, 0) is 21.3 Å². The van der Waals surface area contributed by atoms with Gasteiger partial charge < -0.3 is 14.5 Å². The first kappa shape index (κ1) is 20.8. The van der Waals surface area contributed by atoms with Gasteiger partial charge in [0, 0.05) is 32.7 Å². The molecule has 0 bridgehead atoms. The first-order chi connectivity index (χ1) is 12.4. The molecule has 0 saturated carbocycles. The molecule has 0 amide bonds. The van der Waals surface area contributed by atoms with Crippen molar-refractivity contribution in [2.24, 2.45) is 0 Å². The lowest BCUT2D eigenvalue weighted by Gasteiger charge is -2.34. The average Bonchev–Trinajstić information content (AvgIpc) is 2.61. The summed E-state index contributed by atoms with van der Waals surface area (Å²) in [6, 6.07) is 7.55. The number of hydrogen-bond donors (Lipinski definition) is 1. The van der Waals surface area contributed by atoms with Gasteiger partial charge in [-0.2, -0.15) is 8.42 Å². The lowest BCUT2D eigenvalue weighted by Crippen LogP contribution is -2.47. The van der Waals surface area contributed by atoms with Crippen molar-refractivity contribution in [3.05, 3.63) is 35.4 Å². The first-order valence-electron chi connectivity index (χ1n) is 9.03. The molecule has 1 aromatic carbocycles. The summed E-state index contributed by atoms with van der Waals surface area (Å²) in [5, 5.41) is 0. The molecule has 1 aliphatic rings. The summed E-state index contributed by atoms with van der Waals surface area (Å²) in [5.41, 5.74) is 1.77. The van der Waals surface area contributed by atoms with E-state index in [0.29, 0.717) is 25.1 Å². The van der Waals surface area contributed by atoms with Crippen molar-refractivity contribution in [2.75, 3.05) is 51.6 Å². The largest absolute Gasteiger partial charge is 0.462 e. The SMILES string of the molecule is CCOC(=O)c1ccc(CCN2CCN(CCCS(=O)(=O)O)CC2)cc1. The molecule has 1 aliphatic heterocycles. The Balaban J connectivity index is 1.67. The van der Waals surface area contributed by atoms with E-state index in [2.05, 4.69) is 9.80 Å². The van der Waals surface area contributed by atoms with Crippen LogP contribution >= 0.6 is 0 Å². The molecule has 1 aromatic rings. The molecule has 146 valence electrons. The summed E-state index contributed by atoms with van der Waals surface area (Å²) in [6.07, 6.45) is 1.39. The fraction of sp³-hybridized carbons (Fsp3) is 0.611. The van der Waals surface area contributed by atoms with Crippen molar-refractivity contribution < 1.29 is 22.5 Å².